The summed E-state index contributed by atoms with van der Waals surface area (Å²) in [6.07, 6.45) is 10.1. The van der Waals surface area contributed by atoms with Gasteiger partial charge < -0.3 is 4.74 Å². The highest BCUT2D eigenvalue weighted by atomic mass is 16.6. The molecule has 0 saturated heterocycles. The Morgan fingerprint density at radius 2 is 1.94 bits per heavy atom. The van der Waals surface area contributed by atoms with E-state index >= 15 is 0 Å². The lowest BCUT2D eigenvalue weighted by Gasteiger charge is -2.27. The van der Waals surface area contributed by atoms with Gasteiger partial charge in [0.1, 0.15) is 5.60 Å². The monoisotopic (exact) mass is 250 g/mol. The lowest BCUT2D eigenvalue weighted by Crippen LogP contribution is -2.30. The van der Waals surface area contributed by atoms with Crippen molar-refractivity contribution in [1.29, 1.82) is 0 Å². The summed E-state index contributed by atoms with van der Waals surface area (Å²) < 4.78 is 5.83. The van der Waals surface area contributed by atoms with Gasteiger partial charge in [0, 0.05) is 5.57 Å². The molecule has 0 aromatic heterocycles. The van der Waals surface area contributed by atoms with Crippen molar-refractivity contribution in [2.45, 2.75) is 71.3 Å². The highest BCUT2D eigenvalue weighted by Crippen LogP contribution is 2.50. The molecule has 0 aromatic carbocycles. The Hall–Kier alpha value is -0.790. The van der Waals surface area contributed by atoms with Crippen molar-refractivity contribution in [3.8, 4) is 0 Å². The molecule has 0 N–H and O–H groups in total. The zero-order chi connectivity index (χ0) is 13.2. The Labute approximate surface area is 111 Å². The first-order valence-electron chi connectivity index (χ1n) is 7.50. The molecular formula is C16H26O2. The summed E-state index contributed by atoms with van der Waals surface area (Å²) in [6.45, 7) is 6.24. The molecule has 2 fully saturated rings. The summed E-state index contributed by atoms with van der Waals surface area (Å²) in [7, 11) is 0. The van der Waals surface area contributed by atoms with Crippen LogP contribution >= 0.6 is 0 Å². The third-order valence-electron chi connectivity index (χ3n) is 4.84. The van der Waals surface area contributed by atoms with Crippen LogP contribution in [0, 0.1) is 11.8 Å². The van der Waals surface area contributed by atoms with Gasteiger partial charge >= 0.3 is 5.97 Å². The van der Waals surface area contributed by atoms with Crippen molar-refractivity contribution in [3.63, 3.8) is 0 Å². The molecule has 2 nitrogen and oxygen atoms in total. The average molecular weight is 250 g/mol. The van der Waals surface area contributed by atoms with Crippen molar-refractivity contribution in [1.82, 2.24) is 0 Å². The molecule has 0 aliphatic heterocycles. The molecule has 2 rings (SSSR count). The maximum absolute atomic E-state index is 12.2. The lowest BCUT2D eigenvalue weighted by molar-refractivity contribution is -0.153. The number of carbonyl (C=O) groups is 1. The predicted octanol–water partition coefficient (Wildman–Crippen LogP) is 4.24. The number of allylic oxidation sites excluding steroid dienone is 1. The van der Waals surface area contributed by atoms with Crippen LogP contribution in [0.2, 0.25) is 0 Å². The molecule has 0 spiro atoms. The van der Waals surface area contributed by atoms with Crippen LogP contribution in [0.5, 0.6) is 0 Å². The quantitative estimate of drug-likeness (QED) is 0.538. The molecule has 0 amide bonds. The second-order valence-electron chi connectivity index (χ2n) is 6.15. The number of rotatable bonds is 5. The van der Waals surface area contributed by atoms with Crippen molar-refractivity contribution in [2.75, 3.05) is 0 Å². The lowest BCUT2D eigenvalue weighted by atomic mass is 9.96. The molecule has 0 aromatic rings. The number of fused-ring (bicyclic) bond motifs is 2. The topological polar surface area (TPSA) is 26.3 Å². The fourth-order valence-corrected chi connectivity index (χ4v) is 3.50. The van der Waals surface area contributed by atoms with E-state index in [0.717, 1.165) is 43.6 Å². The molecule has 2 bridgehead atoms. The fourth-order valence-electron chi connectivity index (χ4n) is 3.50. The molecular weight excluding hydrogens is 224 g/mol. The summed E-state index contributed by atoms with van der Waals surface area (Å²) in [6, 6.07) is 0. The number of esters is 1. The molecule has 18 heavy (non-hydrogen) atoms. The van der Waals surface area contributed by atoms with Gasteiger partial charge in [-0.3, -0.25) is 0 Å². The Kier molecular flexibility index (Phi) is 4.14. The van der Waals surface area contributed by atoms with Crippen molar-refractivity contribution < 1.29 is 9.53 Å². The highest BCUT2D eigenvalue weighted by Gasteiger charge is 2.47. The third kappa shape index (κ3) is 2.78. The summed E-state index contributed by atoms with van der Waals surface area (Å²) in [4.78, 5) is 12.2. The van der Waals surface area contributed by atoms with Crippen molar-refractivity contribution >= 4 is 5.97 Å². The molecule has 0 heterocycles. The second kappa shape index (κ2) is 5.46. The highest BCUT2D eigenvalue weighted by molar-refractivity contribution is 5.88. The van der Waals surface area contributed by atoms with Crippen molar-refractivity contribution in [2.24, 2.45) is 11.8 Å². The van der Waals surface area contributed by atoms with Crippen LogP contribution in [-0.2, 0) is 9.53 Å². The smallest absolute Gasteiger partial charge is 0.333 e. The van der Waals surface area contributed by atoms with Gasteiger partial charge in [-0.15, -0.1) is 0 Å². The van der Waals surface area contributed by atoms with Crippen LogP contribution in [0.15, 0.2) is 11.6 Å². The Morgan fingerprint density at radius 3 is 2.39 bits per heavy atom. The first kappa shape index (κ1) is 13.6. The SMILES string of the molecule is CCC(/C=C(\C)C(=O)OC12CCC(CC1)C2)CC. The largest absolute Gasteiger partial charge is 0.456 e. The molecule has 2 saturated carbocycles. The molecule has 2 heteroatoms. The van der Waals surface area contributed by atoms with Gasteiger partial charge in [0.05, 0.1) is 0 Å². The maximum atomic E-state index is 12.2. The summed E-state index contributed by atoms with van der Waals surface area (Å²) in [5.41, 5.74) is 0.707. The van der Waals surface area contributed by atoms with Gasteiger partial charge in [-0.2, -0.15) is 0 Å². The van der Waals surface area contributed by atoms with Crippen LogP contribution in [0.3, 0.4) is 0 Å². The van der Waals surface area contributed by atoms with Gasteiger partial charge in [-0.05, 0) is 63.7 Å². The molecule has 2 aliphatic carbocycles. The summed E-state index contributed by atoms with van der Waals surface area (Å²) >= 11 is 0. The van der Waals surface area contributed by atoms with E-state index in [2.05, 4.69) is 19.9 Å². The zero-order valence-electron chi connectivity index (χ0n) is 12.0. The number of hydrogen-bond donors (Lipinski definition) is 0. The molecule has 0 atom stereocenters. The van der Waals surface area contributed by atoms with Crippen LogP contribution < -0.4 is 0 Å². The fraction of sp³-hybridized carbons (Fsp3) is 0.812. The van der Waals surface area contributed by atoms with E-state index in [1.165, 1.54) is 12.8 Å². The molecule has 0 radical (unpaired) electrons. The van der Waals surface area contributed by atoms with Crippen LogP contribution in [0.25, 0.3) is 0 Å². The average Bonchev–Trinajstić information content (AvgIpc) is 2.95. The molecule has 0 unspecified atom stereocenters. The standard InChI is InChI=1S/C16H26O2/c1-4-13(5-2)10-12(3)15(17)18-16-8-6-14(11-16)7-9-16/h10,13-14H,4-9,11H2,1-3H3/b12-10+. The van der Waals surface area contributed by atoms with Gasteiger partial charge in [0.25, 0.3) is 0 Å². The Bertz CT molecular complexity index is 331. The molecule has 102 valence electrons. The van der Waals surface area contributed by atoms with Gasteiger partial charge in [0.15, 0.2) is 0 Å². The third-order valence-corrected chi connectivity index (χ3v) is 4.84. The Morgan fingerprint density at radius 1 is 1.33 bits per heavy atom. The van der Waals surface area contributed by atoms with Gasteiger partial charge in [-0.25, -0.2) is 4.79 Å². The summed E-state index contributed by atoms with van der Waals surface area (Å²) in [5.74, 6) is 1.25. The minimum absolute atomic E-state index is 0.0792. The number of carbonyl (C=O) groups excluding carboxylic acids is 1. The van der Waals surface area contributed by atoms with E-state index < -0.39 is 0 Å². The normalized spacial score (nSPS) is 31.1. The van der Waals surface area contributed by atoms with E-state index in [-0.39, 0.29) is 11.6 Å². The van der Waals surface area contributed by atoms with E-state index in [4.69, 9.17) is 4.74 Å². The second-order valence-corrected chi connectivity index (χ2v) is 6.15. The van der Waals surface area contributed by atoms with E-state index in [1.54, 1.807) is 0 Å². The summed E-state index contributed by atoms with van der Waals surface area (Å²) in [5, 5.41) is 0. The molecule has 2 aliphatic rings. The number of hydrogen-bond acceptors (Lipinski definition) is 2. The van der Waals surface area contributed by atoms with E-state index in [9.17, 15) is 4.79 Å². The van der Waals surface area contributed by atoms with E-state index in [0.29, 0.717) is 5.92 Å². The van der Waals surface area contributed by atoms with Crippen molar-refractivity contribution in [3.05, 3.63) is 11.6 Å². The minimum Gasteiger partial charge on any atom is -0.456 e. The van der Waals surface area contributed by atoms with Crippen LogP contribution in [0.1, 0.15) is 65.7 Å². The predicted molar refractivity (Wildman–Crippen MR) is 73.2 cm³/mol. The van der Waals surface area contributed by atoms with Gasteiger partial charge in [0.2, 0.25) is 0 Å². The minimum atomic E-state index is -0.0925. The van der Waals surface area contributed by atoms with Crippen LogP contribution in [0.4, 0.5) is 0 Å². The van der Waals surface area contributed by atoms with Crippen LogP contribution in [-0.4, -0.2) is 11.6 Å². The van der Waals surface area contributed by atoms with Gasteiger partial charge in [-0.1, -0.05) is 19.9 Å². The first-order chi connectivity index (χ1) is 8.58. The first-order valence-corrected chi connectivity index (χ1v) is 7.50. The Balaban J connectivity index is 1.95. The number of ether oxygens (including phenoxy) is 1. The van der Waals surface area contributed by atoms with E-state index in [1.807, 2.05) is 6.92 Å². The maximum Gasteiger partial charge on any atom is 0.333 e. The zero-order valence-corrected chi connectivity index (χ0v) is 12.0.